The third-order valence-corrected chi connectivity index (χ3v) is 2.68. The number of pyridine rings is 1. The highest BCUT2D eigenvalue weighted by atomic mass is 16.3. The molecule has 0 bridgehead atoms. The maximum absolute atomic E-state index is 11.6. The Morgan fingerprint density at radius 1 is 1.56 bits per heavy atom. The molecule has 1 amide bonds. The van der Waals surface area contributed by atoms with Gasteiger partial charge in [-0.05, 0) is 24.8 Å². The molecule has 0 saturated heterocycles. The van der Waals surface area contributed by atoms with Gasteiger partial charge in [0.25, 0.3) is 5.91 Å². The minimum atomic E-state index is -0.452. The number of hydrogen-bond acceptors (Lipinski definition) is 3. The summed E-state index contributed by atoms with van der Waals surface area (Å²) >= 11 is 0. The van der Waals surface area contributed by atoms with Crippen molar-refractivity contribution in [3.8, 4) is 0 Å². The summed E-state index contributed by atoms with van der Waals surface area (Å²) in [5.74, 6) is 0.0619. The zero-order valence-corrected chi connectivity index (χ0v) is 8.77. The smallest absolute Gasteiger partial charge is 0.252 e. The molecule has 1 heterocycles. The monoisotopic (exact) mass is 222 g/mol. The van der Waals surface area contributed by atoms with Crippen LogP contribution in [0.25, 0.3) is 0 Å². The van der Waals surface area contributed by atoms with Crippen molar-refractivity contribution >= 4 is 5.91 Å². The highest BCUT2D eigenvalue weighted by molar-refractivity contribution is 5.93. The average molecular weight is 222 g/mol. The van der Waals surface area contributed by atoms with E-state index in [1.54, 1.807) is 0 Å². The minimum Gasteiger partial charge on any atom is -0.391 e. The van der Waals surface area contributed by atoms with Gasteiger partial charge in [0.2, 0.25) is 5.56 Å². The number of carbonyl (C=O) groups excluding carboxylic acids is 1. The van der Waals surface area contributed by atoms with Crippen molar-refractivity contribution in [1.29, 1.82) is 0 Å². The number of aromatic nitrogens is 1. The minimum absolute atomic E-state index is 0.241. The number of aliphatic hydroxyl groups is 1. The number of nitrogens with one attached hydrogen (secondary N) is 2. The van der Waals surface area contributed by atoms with Crippen molar-refractivity contribution in [2.45, 2.75) is 18.9 Å². The molecule has 1 aliphatic rings. The van der Waals surface area contributed by atoms with E-state index in [1.165, 1.54) is 18.3 Å². The molecule has 2 rings (SSSR count). The maximum atomic E-state index is 11.6. The van der Waals surface area contributed by atoms with Crippen LogP contribution < -0.4 is 10.9 Å². The molecule has 0 aromatic carbocycles. The van der Waals surface area contributed by atoms with Gasteiger partial charge in [-0.15, -0.1) is 0 Å². The molecule has 1 atom stereocenters. The van der Waals surface area contributed by atoms with E-state index in [1.807, 2.05) is 0 Å². The zero-order valence-electron chi connectivity index (χ0n) is 8.77. The van der Waals surface area contributed by atoms with Crippen molar-refractivity contribution in [1.82, 2.24) is 10.3 Å². The molecule has 1 saturated carbocycles. The number of rotatable bonds is 4. The molecule has 86 valence electrons. The fourth-order valence-electron chi connectivity index (χ4n) is 1.50. The molecule has 1 aromatic rings. The van der Waals surface area contributed by atoms with Crippen LogP contribution in [-0.4, -0.2) is 28.6 Å². The van der Waals surface area contributed by atoms with Gasteiger partial charge in [-0.2, -0.15) is 0 Å². The summed E-state index contributed by atoms with van der Waals surface area (Å²) in [5.41, 5.74) is 0.150. The van der Waals surface area contributed by atoms with E-state index >= 15 is 0 Å². The molecule has 0 radical (unpaired) electrons. The van der Waals surface area contributed by atoms with Crippen LogP contribution in [0, 0.1) is 5.92 Å². The highest BCUT2D eigenvalue weighted by Crippen LogP contribution is 2.32. The van der Waals surface area contributed by atoms with Crippen molar-refractivity contribution in [2.24, 2.45) is 5.92 Å². The zero-order chi connectivity index (χ0) is 11.5. The number of aromatic amines is 1. The van der Waals surface area contributed by atoms with Gasteiger partial charge in [0, 0.05) is 18.8 Å². The second-order valence-electron chi connectivity index (χ2n) is 4.06. The molecule has 16 heavy (non-hydrogen) atoms. The summed E-state index contributed by atoms with van der Waals surface area (Å²) in [6, 6.07) is 2.75. The molecule has 0 spiro atoms. The number of H-pyrrole nitrogens is 1. The second-order valence-corrected chi connectivity index (χ2v) is 4.06. The lowest BCUT2D eigenvalue weighted by molar-refractivity contribution is 0.0901. The van der Waals surface area contributed by atoms with E-state index in [9.17, 15) is 14.7 Å². The number of amides is 1. The van der Waals surface area contributed by atoms with Crippen LogP contribution in [0.15, 0.2) is 23.1 Å². The van der Waals surface area contributed by atoms with Gasteiger partial charge in [0.05, 0.1) is 11.7 Å². The van der Waals surface area contributed by atoms with Crippen LogP contribution in [0.4, 0.5) is 0 Å². The SMILES string of the molecule is O=C(NCC(O)C1CC1)c1ccc(=O)[nH]c1. The van der Waals surface area contributed by atoms with Crippen molar-refractivity contribution in [3.63, 3.8) is 0 Å². The van der Waals surface area contributed by atoms with E-state index in [0.29, 0.717) is 11.5 Å². The highest BCUT2D eigenvalue weighted by Gasteiger charge is 2.29. The average Bonchev–Trinajstić information content (AvgIpc) is 3.10. The lowest BCUT2D eigenvalue weighted by Gasteiger charge is -2.10. The first-order chi connectivity index (χ1) is 7.66. The molecular formula is C11H14N2O3. The molecule has 1 aliphatic carbocycles. The second kappa shape index (κ2) is 4.49. The number of aliphatic hydroxyl groups excluding tert-OH is 1. The lowest BCUT2D eigenvalue weighted by Crippen LogP contribution is -2.33. The fraction of sp³-hybridized carbons (Fsp3) is 0.455. The first-order valence-corrected chi connectivity index (χ1v) is 5.32. The van der Waals surface area contributed by atoms with Crippen molar-refractivity contribution < 1.29 is 9.90 Å². The van der Waals surface area contributed by atoms with E-state index in [4.69, 9.17) is 0 Å². The quantitative estimate of drug-likeness (QED) is 0.664. The summed E-state index contributed by atoms with van der Waals surface area (Å²) < 4.78 is 0. The molecule has 1 fully saturated rings. The first-order valence-electron chi connectivity index (χ1n) is 5.32. The van der Waals surface area contributed by atoms with Gasteiger partial charge < -0.3 is 15.4 Å². The summed E-state index contributed by atoms with van der Waals surface area (Å²) in [7, 11) is 0. The van der Waals surface area contributed by atoms with E-state index < -0.39 is 6.10 Å². The third-order valence-electron chi connectivity index (χ3n) is 2.68. The predicted molar refractivity (Wildman–Crippen MR) is 58.1 cm³/mol. The predicted octanol–water partition coefficient (Wildman–Crippen LogP) is -0.124. The van der Waals surface area contributed by atoms with Crippen LogP contribution in [0.5, 0.6) is 0 Å². The Hall–Kier alpha value is -1.62. The first kappa shape index (κ1) is 10.9. The summed E-state index contributed by atoms with van der Waals surface area (Å²) in [6.45, 7) is 0.266. The molecule has 5 nitrogen and oxygen atoms in total. The van der Waals surface area contributed by atoms with Crippen LogP contribution in [0.2, 0.25) is 0 Å². The molecular weight excluding hydrogens is 208 g/mol. The van der Waals surface area contributed by atoms with Crippen LogP contribution in [0.3, 0.4) is 0 Å². The topological polar surface area (TPSA) is 82.2 Å². The Morgan fingerprint density at radius 2 is 2.31 bits per heavy atom. The molecule has 0 aliphatic heterocycles. The molecule has 3 N–H and O–H groups in total. The molecule has 1 unspecified atom stereocenters. The van der Waals surface area contributed by atoms with Gasteiger partial charge in [-0.25, -0.2) is 0 Å². The van der Waals surface area contributed by atoms with E-state index in [0.717, 1.165) is 12.8 Å². The lowest BCUT2D eigenvalue weighted by atomic mass is 10.2. The number of hydrogen-bond donors (Lipinski definition) is 3. The van der Waals surface area contributed by atoms with Gasteiger partial charge in [-0.1, -0.05) is 0 Å². The van der Waals surface area contributed by atoms with Gasteiger partial charge in [0.15, 0.2) is 0 Å². The van der Waals surface area contributed by atoms with Gasteiger partial charge in [-0.3, -0.25) is 9.59 Å². The Kier molecular flexibility index (Phi) is 3.05. The summed E-state index contributed by atoms with van der Waals surface area (Å²) in [5, 5.41) is 12.2. The Labute approximate surface area is 92.5 Å². The van der Waals surface area contributed by atoms with Gasteiger partial charge >= 0.3 is 0 Å². The normalized spacial score (nSPS) is 16.8. The fourth-order valence-corrected chi connectivity index (χ4v) is 1.50. The van der Waals surface area contributed by atoms with E-state index in [-0.39, 0.29) is 18.0 Å². The molecule has 5 heteroatoms. The number of carbonyl (C=O) groups is 1. The van der Waals surface area contributed by atoms with Crippen LogP contribution in [0.1, 0.15) is 23.2 Å². The van der Waals surface area contributed by atoms with Gasteiger partial charge in [0.1, 0.15) is 0 Å². The maximum Gasteiger partial charge on any atom is 0.252 e. The summed E-state index contributed by atoms with van der Waals surface area (Å²) in [4.78, 5) is 24.8. The van der Waals surface area contributed by atoms with Crippen molar-refractivity contribution in [2.75, 3.05) is 6.54 Å². The molecule has 1 aromatic heterocycles. The van der Waals surface area contributed by atoms with Crippen LogP contribution >= 0.6 is 0 Å². The van der Waals surface area contributed by atoms with Crippen LogP contribution in [-0.2, 0) is 0 Å². The largest absolute Gasteiger partial charge is 0.391 e. The van der Waals surface area contributed by atoms with E-state index in [2.05, 4.69) is 10.3 Å². The summed E-state index contributed by atoms with van der Waals surface area (Å²) in [6.07, 6.45) is 2.98. The Balaban J connectivity index is 1.87. The van der Waals surface area contributed by atoms with Crippen molar-refractivity contribution in [3.05, 3.63) is 34.2 Å². The Bertz CT molecular complexity index is 417. The Morgan fingerprint density at radius 3 is 2.88 bits per heavy atom. The standard InChI is InChI=1S/C11H14N2O3/c14-9(7-1-2-7)6-13-11(16)8-3-4-10(15)12-5-8/h3-5,7,9,14H,1-2,6H2,(H,12,15)(H,13,16). The third kappa shape index (κ3) is 2.70.